The van der Waals surface area contributed by atoms with Crippen LogP contribution in [-0.4, -0.2) is 12.6 Å². The van der Waals surface area contributed by atoms with E-state index >= 15 is 0 Å². The number of esters is 1. The first kappa shape index (κ1) is 10.8. The molecule has 4 heteroatoms. The van der Waals surface area contributed by atoms with Crippen LogP contribution >= 0.6 is 22.6 Å². The maximum atomic E-state index is 10.4. The second kappa shape index (κ2) is 5.08. The molecule has 0 atom stereocenters. The van der Waals surface area contributed by atoms with Crippen molar-refractivity contribution in [3.05, 3.63) is 17.1 Å². The molecule has 0 saturated heterocycles. The third kappa shape index (κ3) is 4.80. The Morgan fingerprint density at radius 2 is 2.22 bits per heavy atom. The fourth-order valence-corrected chi connectivity index (χ4v) is 0.327. The molecule has 0 unspecified atom stereocenters. The third-order valence-corrected chi connectivity index (χ3v) is 0.895. The van der Waals surface area contributed by atoms with Crippen LogP contribution in [0.5, 0.6) is 0 Å². The van der Waals surface area contributed by atoms with Crippen LogP contribution in [0.15, 0.2) is 10.2 Å². The van der Waals surface area contributed by atoms with Crippen molar-refractivity contribution in [3.8, 4) is 0 Å². The van der Waals surface area contributed by atoms with Crippen molar-refractivity contribution in [2.75, 3.05) is 6.61 Å². The van der Waals surface area contributed by atoms with Gasteiger partial charge in [0.1, 0.15) is 0 Å². The number of hydrogen-bond donors (Lipinski definition) is 0. The van der Waals surface area contributed by atoms with Crippen LogP contribution in [0, 0.1) is 6.92 Å². The molecular weight excluding hydrogens is 486 g/mol. The normalized spacial score (nSPS) is 7.33. The van der Waals surface area contributed by atoms with Crippen molar-refractivity contribution in [2.24, 2.45) is 0 Å². The van der Waals surface area contributed by atoms with Crippen molar-refractivity contribution in [3.63, 3.8) is 0 Å². The van der Waals surface area contributed by atoms with Gasteiger partial charge in [0, 0.05) is 0 Å². The van der Waals surface area contributed by atoms with Gasteiger partial charge in [0.05, 0.1) is 3.58 Å². The molecule has 0 radical (unpaired) electrons. The fraction of sp³-hybridized carbons (Fsp3) is 0.200. The van der Waals surface area contributed by atoms with E-state index in [-0.39, 0.29) is 12.6 Å². The molecule has 0 heterocycles. The van der Waals surface area contributed by atoms with Crippen LogP contribution in [0.1, 0.15) is 0 Å². The number of halogens is 1. The van der Waals surface area contributed by atoms with Gasteiger partial charge in [-0.2, -0.15) is 0 Å². The predicted molar refractivity (Wildman–Crippen MR) is 39.5 cm³/mol. The smallest absolute Gasteiger partial charge is 0.341 e. The maximum absolute atomic E-state index is 10.4. The number of carbonyl (C=O) groups is 1. The summed E-state index contributed by atoms with van der Waals surface area (Å²) in [6, 6.07) is 0. The molecule has 0 aromatic heterocycles. The number of carbonyl (C=O) groups excluding carboxylic acids is 1. The first-order chi connectivity index (χ1) is 3.68. The van der Waals surface area contributed by atoms with Gasteiger partial charge in [-0.1, -0.05) is 6.58 Å². The SMILES string of the molecule is C=C(I)C(=O)OC[CH2-].[Rf]. The maximum Gasteiger partial charge on any atom is 0.341 e. The molecule has 0 fully saturated rings. The third-order valence-electron chi connectivity index (χ3n) is 0.455. The molecule has 9 heavy (non-hydrogen) atoms. The summed E-state index contributed by atoms with van der Waals surface area (Å²) in [4.78, 5) is 10.4. The molecule has 48 valence electrons. The Labute approximate surface area is 62.0 Å². The summed E-state index contributed by atoms with van der Waals surface area (Å²) in [6.45, 7) is 6.85. The van der Waals surface area contributed by atoms with Gasteiger partial charge in [0.2, 0.25) is 0 Å². The van der Waals surface area contributed by atoms with E-state index in [0.717, 1.165) is 0 Å². The number of rotatable bonds is 2. The summed E-state index contributed by atoms with van der Waals surface area (Å²) in [5.41, 5.74) is 0. The monoisotopic (exact) mass is 492 g/mol. The Bertz CT molecular complexity index is 114. The van der Waals surface area contributed by atoms with Crippen LogP contribution in [-0.2, 0) is 9.53 Å². The molecule has 0 rings (SSSR count). The van der Waals surface area contributed by atoms with Crippen molar-refractivity contribution >= 4 is 28.6 Å². The molecule has 0 spiro atoms. The first-order valence-electron chi connectivity index (χ1n) is 1.99. The number of hydrogen-bond acceptors (Lipinski definition) is 2. The van der Waals surface area contributed by atoms with E-state index in [4.69, 9.17) is 0 Å². The Balaban J connectivity index is 0. The van der Waals surface area contributed by atoms with E-state index in [0.29, 0.717) is 3.58 Å². The van der Waals surface area contributed by atoms with Gasteiger partial charge in [0.25, 0.3) is 0 Å². The zero-order valence-corrected chi connectivity index (χ0v) is 13.6. The van der Waals surface area contributed by atoms with E-state index in [1.54, 1.807) is 22.6 Å². The van der Waals surface area contributed by atoms with Crippen LogP contribution in [0.25, 0.3) is 0 Å². The average Bonchev–Trinajstić information content (AvgIpc) is 1.67. The van der Waals surface area contributed by atoms with Crippen LogP contribution in [0.2, 0.25) is 0 Å². The molecular formula is C5H6IO2Rf-. The zero-order valence-electron chi connectivity index (χ0n) is 5.02. The Morgan fingerprint density at radius 1 is 1.78 bits per heavy atom. The second-order valence-electron chi connectivity index (χ2n) is 1.04. The molecule has 0 N–H and O–H groups in total. The standard InChI is InChI=1S/C5H6IO2.Rf/c1-3-8-5(7)4(2)6;/h1-3H2;/q-1;. The molecule has 0 aliphatic heterocycles. The van der Waals surface area contributed by atoms with Gasteiger partial charge in [0.15, 0.2) is 0 Å². The molecule has 0 saturated carbocycles. The van der Waals surface area contributed by atoms with Gasteiger partial charge in [-0.15, -0.1) is 0 Å². The average molecular weight is 492 g/mol. The van der Waals surface area contributed by atoms with Crippen LogP contribution in [0.4, 0.5) is 0 Å². The summed E-state index contributed by atoms with van der Waals surface area (Å²) in [7, 11) is 0. The van der Waals surface area contributed by atoms with Gasteiger partial charge in [-0.3, -0.25) is 0 Å². The van der Waals surface area contributed by atoms with Crippen LogP contribution < -0.4 is 0 Å². The van der Waals surface area contributed by atoms with Crippen LogP contribution in [0.3, 0.4) is 0 Å². The summed E-state index contributed by atoms with van der Waals surface area (Å²) in [5, 5.41) is 0. The molecule has 0 aliphatic carbocycles. The summed E-state index contributed by atoms with van der Waals surface area (Å²) < 4.78 is 4.83. The molecule has 0 aromatic carbocycles. The van der Waals surface area contributed by atoms with E-state index in [2.05, 4.69) is 18.2 Å². The minimum Gasteiger partial charge on any atom is -0.495 e. The van der Waals surface area contributed by atoms with Crippen molar-refractivity contribution < 1.29 is 9.53 Å². The fourth-order valence-electron chi connectivity index (χ4n) is 0.171. The second-order valence-corrected chi connectivity index (χ2v) is 2.34. The van der Waals surface area contributed by atoms with Crippen molar-refractivity contribution in [1.29, 1.82) is 0 Å². The first-order valence-corrected chi connectivity index (χ1v) is 3.07. The molecule has 0 bridgehead atoms. The Kier molecular flexibility index (Phi) is 6.12. The largest absolute Gasteiger partial charge is 0.495 e. The molecule has 0 aliphatic rings. The summed E-state index contributed by atoms with van der Waals surface area (Å²) in [5.74, 6) is -0.388. The number of ether oxygens (including phenoxy) is 1. The zero-order chi connectivity index (χ0) is 6.57. The Morgan fingerprint density at radius 3 is 2.33 bits per heavy atom. The van der Waals surface area contributed by atoms with E-state index in [1.165, 1.54) is 0 Å². The minimum absolute atomic E-state index is 0. The van der Waals surface area contributed by atoms with Gasteiger partial charge in [-0.05, 0) is 29.2 Å². The van der Waals surface area contributed by atoms with Gasteiger partial charge >= 0.3 is 5.97 Å². The predicted octanol–water partition coefficient (Wildman–Crippen LogP) is 1.31. The Hall–Kier alpha value is -1.06. The minimum atomic E-state index is -0.388. The molecule has 0 aromatic rings. The van der Waals surface area contributed by atoms with E-state index < -0.39 is 0 Å². The topological polar surface area (TPSA) is 26.3 Å². The van der Waals surface area contributed by atoms with E-state index in [1.807, 2.05) is 0 Å². The quantitative estimate of drug-likeness (QED) is 0.252. The molecule has 2 nitrogen and oxygen atoms in total. The molecule has 0 amide bonds. The summed E-state index contributed by atoms with van der Waals surface area (Å²) in [6.07, 6.45) is 0. The van der Waals surface area contributed by atoms with E-state index in [9.17, 15) is 4.79 Å². The van der Waals surface area contributed by atoms with Crippen molar-refractivity contribution in [2.45, 2.75) is 0 Å². The summed E-state index contributed by atoms with van der Waals surface area (Å²) >= 11 is 1.80. The van der Waals surface area contributed by atoms with Crippen molar-refractivity contribution in [1.82, 2.24) is 0 Å². The van der Waals surface area contributed by atoms with Gasteiger partial charge in [-0.25, -0.2) is 4.79 Å². The van der Waals surface area contributed by atoms with Gasteiger partial charge < -0.3 is 11.7 Å².